The van der Waals surface area contributed by atoms with Crippen molar-refractivity contribution >= 4 is 35.1 Å². The van der Waals surface area contributed by atoms with Crippen LogP contribution in [-0.4, -0.2) is 17.8 Å². The molecule has 2 amide bonds. The first-order valence-corrected chi connectivity index (χ1v) is 7.36. The van der Waals surface area contributed by atoms with Gasteiger partial charge < -0.3 is 4.74 Å². The molecule has 0 bridgehead atoms. The number of hydrogen-bond donors (Lipinski definition) is 0. The molecular formula is C16H14ClNO4. The average molecular weight is 320 g/mol. The van der Waals surface area contributed by atoms with Gasteiger partial charge in [-0.05, 0) is 37.1 Å². The van der Waals surface area contributed by atoms with E-state index in [1.54, 1.807) is 30.3 Å². The fourth-order valence-corrected chi connectivity index (χ4v) is 3.17. The van der Waals surface area contributed by atoms with Crippen LogP contribution in [0.15, 0.2) is 35.4 Å². The van der Waals surface area contributed by atoms with E-state index < -0.39 is 5.97 Å². The van der Waals surface area contributed by atoms with Crippen LogP contribution in [0.4, 0.5) is 5.69 Å². The number of fused-ring (bicyclic) bond motifs is 1. The zero-order valence-electron chi connectivity index (χ0n) is 11.9. The SMILES string of the molecule is CC(=O)Oc1ccc(N2C(=O)[C@@H]3CC=C(Cl)C[C@H]3C2=O)cc1. The van der Waals surface area contributed by atoms with Crippen molar-refractivity contribution in [2.45, 2.75) is 19.8 Å². The minimum Gasteiger partial charge on any atom is -0.427 e. The molecule has 0 radical (unpaired) electrons. The van der Waals surface area contributed by atoms with E-state index in [-0.39, 0.29) is 23.7 Å². The maximum Gasteiger partial charge on any atom is 0.308 e. The van der Waals surface area contributed by atoms with Crippen molar-refractivity contribution < 1.29 is 19.1 Å². The molecule has 22 heavy (non-hydrogen) atoms. The molecule has 1 aliphatic heterocycles. The molecule has 0 spiro atoms. The van der Waals surface area contributed by atoms with Crippen molar-refractivity contribution in [1.82, 2.24) is 0 Å². The molecule has 0 N–H and O–H groups in total. The van der Waals surface area contributed by atoms with Crippen LogP contribution in [0.25, 0.3) is 0 Å². The van der Waals surface area contributed by atoms with Gasteiger partial charge in [0, 0.05) is 12.0 Å². The predicted octanol–water partition coefficient (Wildman–Crippen LogP) is 2.63. The Labute approximate surface area is 132 Å². The number of anilines is 1. The summed E-state index contributed by atoms with van der Waals surface area (Å²) in [5, 5.41) is 0.634. The van der Waals surface area contributed by atoms with Crippen LogP contribution in [0.1, 0.15) is 19.8 Å². The van der Waals surface area contributed by atoms with Gasteiger partial charge >= 0.3 is 5.97 Å². The number of rotatable bonds is 2. The Morgan fingerprint density at radius 3 is 2.45 bits per heavy atom. The first-order chi connectivity index (χ1) is 10.5. The minimum atomic E-state index is -0.423. The maximum atomic E-state index is 12.5. The molecule has 1 fully saturated rings. The molecule has 1 heterocycles. The molecule has 1 aromatic rings. The Kier molecular flexibility index (Phi) is 3.74. The number of carbonyl (C=O) groups is 3. The van der Waals surface area contributed by atoms with Gasteiger partial charge in [-0.25, -0.2) is 0 Å². The lowest BCUT2D eigenvalue weighted by Gasteiger charge is -2.17. The number of ether oxygens (including phenoxy) is 1. The number of benzene rings is 1. The monoisotopic (exact) mass is 319 g/mol. The lowest BCUT2D eigenvalue weighted by atomic mass is 9.85. The number of amides is 2. The van der Waals surface area contributed by atoms with Crippen LogP contribution < -0.4 is 9.64 Å². The summed E-state index contributed by atoms with van der Waals surface area (Å²) in [6.07, 6.45) is 2.72. The van der Waals surface area contributed by atoms with Crippen molar-refractivity contribution in [3.05, 3.63) is 35.4 Å². The van der Waals surface area contributed by atoms with Gasteiger partial charge in [-0.1, -0.05) is 17.7 Å². The number of carbonyl (C=O) groups excluding carboxylic acids is 3. The molecule has 5 nitrogen and oxygen atoms in total. The smallest absolute Gasteiger partial charge is 0.308 e. The predicted molar refractivity (Wildman–Crippen MR) is 80.4 cm³/mol. The number of halogens is 1. The molecule has 2 atom stereocenters. The van der Waals surface area contributed by atoms with E-state index in [2.05, 4.69) is 0 Å². The van der Waals surface area contributed by atoms with Gasteiger partial charge in [0.2, 0.25) is 11.8 Å². The Hall–Kier alpha value is -2.14. The Morgan fingerprint density at radius 1 is 1.18 bits per heavy atom. The van der Waals surface area contributed by atoms with Crippen LogP contribution in [0.5, 0.6) is 5.75 Å². The molecule has 6 heteroatoms. The second-order valence-electron chi connectivity index (χ2n) is 5.40. The molecule has 0 unspecified atom stereocenters. The molecule has 0 saturated carbocycles. The third kappa shape index (κ3) is 2.52. The molecular weight excluding hydrogens is 306 g/mol. The van der Waals surface area contributed by atoms with Crippen LogP contribution in [0.2, 0.25) is 0 Å². The van der Waals surface area contributed by atoms with Crippen LogP contribution >= 0.6 is 11.6 Å². The van der Waals surface area contributed by atoms with Gasteiger partial charge in [0.25, 0.3) is 0 Å². The number of imide groups is 1. The molecule has 114 valence electrons. The normalized spacial score (nSPS) is 24.1. The Balaban J connectivity index is 1.85. The first kappa shape index (κ1) is 14.8. The van der Waals surface area contributed by atoms with E-state index in [0.717, 1.165) is 0 Å². The highest BCUT2D eigenvalue weighted by Crippen LogP contribution is 2.40. The molecule has 0 aromatic heterocycles. The van der Waals surface area contributed by atoms with E-state index in [4.69, 9.17) is 16.3 Å². The van der Waals surface area contributed by atoms with E-state index in [1.165, 1.54) is 11.8 Å². The van der Waals surface area contributed by atoms with Gasteiger partial charge in [-0.3, -0.25) is 19.3 Å². The summed E-state index contributed by atoms with van der Waals surface area (Å²) < 4.78 is 4.94. The molecule has 1 saturated heterocycles. The van der Waals surface area contributed by atoms with Gasteiger partial charge in [-0.15, -0.1) is 0 Å². The van der Waals surface area contributed by atoms with Crippen molar-refractivity contribution in [2.75, 3.05) is 4.90 Å². The second kappa shape index (κ2) is 5.57. The summed E-state index contributed by atoms with van der Waals surface area (Å²) in [6.45, 7) is 1.31. The number of allylic oxidation sites excluding steroid dienone is 2. The van der Waals surface area contributed by atoms with Crippen molar-refractivity contribution in [2.24, 2.45) is 11.8 Å². The van der Waals surface area contributed by atoms with Crippen molar-refractivity contribution in [3.63, 3.8) is 0 Å². The molecule has 2 aliphatic rings. The fourth-order valence-electron chi connectivity index (χ4n) is 2.91. The van der Waals surface area contributed by atoms with Crippen LogP contribution in [0.3, 0.4) is 0 Å². The van der Waals surface area contributed by atoms with Gasteiger partial charge in [0.15, 0.2) is 0 Å². The van der Waals surface area contributed by atoms with Crippen LogP contribution in [0, 0.1) is 11.8 Å². The quantitative estimate of drug-likeness (QED) is 0.477. The lowest BCUT2D eigenvalue weighted by Crippen LogP contribution is -2.30. The summed E-state index contributed by atoms with van der Waals surface area (Å²) in [7, 11) is 0. The van der Waals surface area contributed by atoms with Gasteiger partial charge in [-0.2, -0.15) is 0 Å². The minimum absolute atomic E-state index is 0.198. The third-order valence-electron chi connectivity index (χ3n) is 3.93. The van der Waals surface area contributed by atoms with E-state index in [1.807, 2.05) is 0 Å². The van der Waals surface area contributed by atoms with Crippen molar-refractivity contribution in [3.8, 4) is 5.75 Å². The first-order valence-electron chi connectivity index (χ1n) is 6.98. The Bertz CT molecular complexity index is 680. The topological polar surface area (TPSA) is 63.7 Å². The number of hydrogen-bond acceptors (Lipinski definition) is 4. The van der Waals surface area contributed by atoms with Crippen LogP contribution in [-0.2, 0) is 14.4 Å². The third-order valence-corrected chi connectivity index (χ3v) is 4.23. The molecule has 1 aromatic carbocycles. The summed E-state index contributed by atoms with van der Waals surface area (Å²) in [6, 6.07) is 6.32. The van der Waals surface area contributed by atoms with E-state index in [9.17, 15) is 14.4 Å². The number of esters is 1. The summed E-state index contributed by atoms with van der Waals surface area (Å²) in [4.78, 5) is 37.1. The lowest BCUT2D eigenvalue weighted by molar-refractivity contribution is -0.132. The summed E-state index contributed by atoms with van der Waals surface area (Å²) >= 11 is 5.99. The number of nitrogens with zero attached hydrogens (tertiary/aromatic N) is 1. The highest BCUT2D eigenvalue weighted by atomic mass is 35.5. The summed E-state index contributed by atoms with van der Waals surface area (Å²) in [5.74, 6) is -1.18. The van der Waals surface area contributed by atoms with Gasteiger partial charge in [0.05, 0.1) is 17.5 Å². The molecule has 1 aliphatic carbocycles. The standard InChI is InChI=1S/C16H14ClNO4/c1-9(19)22-12-5-3-11(4-6-12)18-15(20)13-7-2-10(17)8-14(13)16(18)21/h2-6,13-14H,7-8H2,1H3/t13-,14-/m1/s1. The van der Waals surface area contributed by atoms with Gasteiger partial charge in [0.1, 0.15) is 5.75 Å². The highest BCUT2D eigenvalue weighted by Gasteiger charge is 2.48. The largest absolute Gasteiger partial charge is 0.427 e. The second-order valence-corrected chi connectivity index (χ2v) is 5.89. The van der Waals surface area contributed by atoms with Crippen molar-refractivity contribution in [1.29, 1.82) is 0 Å². The summed E-state index contributed by atoms with van der Waals surface area (Å²) in [5.41, 5.74) is 0.483. The maximum absolute atomic E-state index is 12.5. The zero-order valence-corrected chi connectivity index (χ0v) is 12.7. The molecule has 3 rings (SSSR count). The fraction of sp³-hybridized carbons (Fsp3) is 0.312. The highest BCUT2D eigenvalue weighted by molar-refractivity contribution is 6.30. The zero-order chi connectivity index (χ0) is 15.9. The Morgan fingerprint density at radius 2 is 1.82 bits per heavy atom. The average Bonchev–Trinajstić information content (AvgIpc) is 2.71. The van der Waals surface area contributed by atoms with E-state index >= 15 is 0 Å². The van der Waals surface area contributed by atoms with E-state index in [0.29, 0.717) is 29.3 Å².